The van der Waals surface area contributed by atoms with Crippen LogP contribution in [0.25, 0.3) is 10.2 Å². The van der Waals surface area contributed by atoms with Gasteiger partial charge in [-0.2, -0.15) is 0 Å². The molecule has 0 spiro atoms. The van der Waals surface area contributed by atoms with E-state index in [1.807, 2.05) is 13.0 Å². The predicted octanol–water partition coefficient (Wildman–Crippen LogP) is 3.37. The van der Waals surface area contributed by atoms with Gasteiger partial charge in [-0.3, -0.25) is 19.0 Å². The number of ether oxygens (including phenoxy) is 1. The van der Waals surface area contributed by atoms with Crippen LogP contribution < -0.4 is 20.9 Å². The normalized spacial score (nSPS) is 10.8. The number of carbonyl (C=O) groups is 2. The summed E-state index contributed by atoms with van der Waals surface area (Å²) in [5, 5.41) is 5.80. The average molecular weight is 464 g/mol. The van der Waals surface area contributed by atoms with Gasteiger partial charge >= 0.3 is 0 Å². The van der Waals surface area contributed by atoms with Crippen molar-refractivity contribution in [3.63, 3.8) is 0 Å². The second-order valence-electron chi connectivity index (χ2n) is 7.28. The number of hydrogen-bond acceptors (Lipinski definition) is 7. The minimum atomic E-state index is -0.404. The lowest BCUT2D eigenvalue weighted by Crippen LogP contribution is -2.28. The molecule has 0 fully saturated rings. The fourth-order valence-corrected chi connectivity index (χ4v) is 4.40. The number of thiophene rings is 1. The smallest absolute Gasteiger partial charge is 0.267 e. The second-order valence-corrected chi connectivity index (χ2v) is 8.28. The molecule has 0 bridgehead atoms. The van der Waals surface area contributed by atoms with Gasteiger partial charge in [-0.25, -0.2) is 9.97 Å². The molecule has 0 aliphatic carbocycles. The van der Waals surface area contributed by atoms with Crippen molar-refractivity contribution < 1.29 is 14.3 Å². The first kappa shape index (κ1) is 22.2. The monoisotopic (exact) mass is 463 g/mol. The molecule has 0 aliphatic rings. The second kappa shape index (κ2) is 9.21. The van der Waals surface area contributed by atoms with Gasteiger partial charge in [0.15, 0.2) is 0 Å². The van der Waals surface area contributed by atoms with Crippen LogP contribution in [0.2, 0.25) is 0 Å². The number of methoxy groups -OCH3 is 1. The molecule has 0 radical (unpaired) electrons. The van der Waals surface area contributed by atoms with Gasteiger partial charge in [0.25, 0.3) is 11.5 Å². The van der Waals surface area contributed by atoms with E-state index in [-0.39, 0.29) is 12.5 Å². The van der Waals surface area contributed by atoms with E-state index in [0.717, 1.165) is 17.0 Å². The Morgan fingerprint density at radius 1 is 1.09 bits per heavy atom. The molecule has 10 heteroatoms. The molecule has 4 aromatic rings. The van der Waals surface area contributed by atoms with Crippen molar-refractivity contribution in [1.82, 2.24) is 14.5 Å². The van der Waals surface area contributed by atoms with Gasteiger partial charge in [-0.05, 0) is 43.7 Å². The zero-order chi connectivity index (χ0) is 23.5. The van der Waals surface area contributed by atoms with Crippen LogP contribution in [0, 0.1) is 13.8 Å². The highest BCUT2D eigenvalue weighted by atomic mass is 32.1. The largest absolute Gasteiger partial charge is 0.495 e. The lowest BCUT2D eigenvalue weighted by Gasteiger charge is -2.10. The number of hydrogen-bond donors (Lipinski definition) is 2. The fraction of sp³-hybridized carbons (Fsp3) is 0.174. The minimum Gasteiger partial charge on any atom is -0.495 e. The highest BCUT2D eigenvalue weighted by molar-refractivity contribution is 7.20. The number of aromatic nitrogens is 3. The molecule has 168 valence electrons. The van der Waals surface area contributed by atoms with E-state index in [2.05, 4.69) is 20.6 Å². The molecule has 2 N–H and O–H groups in total. The third-order valence-electron chi connectivity index (χ3n) is 4.95. The number of amides is 2. The van der Waals surface area contributed by atoms with Gasteiger partial charge in [0.2, 0.25) is 5.91 Å². The Labute approximate surface area is 193 Å². The number of aryl methyl sites for hydroxylation is 2. The number of benzene rings is 1. The summed E-state index contributed by atoms with van der Waals surface area (Å²) in [7, 11) is 1.51. The van der Waals surface area contributed by atoms with Crippen LogP contribution in [-0.2, 0) is 11.3 Å². The van der Waals surface area contributed by atoms with E-state index < -0.39 is 11.5 Å². The van der Waals surface area contributed by atoms with Gasteiger partial charge in [-0.15, -0.1) is 11.3 Å². The van der Waals surface area contributed by atoms with Crippen molar-refractivity contribution >= 4 is 44.9 Å². The van der Waals surface area contributed by atoms with Crippen LogP contribution in [-0.4, -0.2) is 33.5 Å². The maximum absolute atomic E-state index is 13.1. The van der Waals surface area contributed by atoms with Gasteiger partial charge in [0.05, 0.1) is 29.4 Å². The highest BCUT2D eigenvalue weighted by Crippen LogP contribution is 2.27. The van der Waals surface area contributed by atoms with Crippen LogP contribution in [0.4, 0.5) is 11.5 Å². The number of anilines is 2. The number of pyridine rings is 1. The van der Waals surface area contributed by atoms with Crippen LogP contribution >= 0.6 is 11.3 Å². The number of rotatable bonds is 6. The maximum atomic E-state index is 13.1. The van der Waals surface area contributed by atoms with Crippen LogP contribution in [0.5, 0.6) is 5.75 Å². The SMILES string of the molecule is COc1ccccc1NC(=O)Cn1cnc2sc(C(=O)Nc3cccc(C)n3)c(C)c2c1=O. The lowest BCUT2D eigenvalue weighted by molar-refractivity contribution is -0.116. The first-order valence-corrected chi connectivity index (χ1v) is 10.9. The summed E-state index contributed by atoms with van der Waals surface area (Å²) in [6, 6.07) is 12.3. The van der Waals surface area contributed by atoms with E-state index in [1.54, 1.807) is 43.3 Å². The summed E-state index contributed by atoms with van der Waals surface area (Å²) < 4.78 is 6.45. The number of nitrogens with zero attached hydrogens (tertiary/aromatic N) is 3. The molecule has 0 unspecified atom stereocenters. The quantitative estimate of drug-likeness (QED) is 0.453. The molecular formula is C23H21N5O4S. The Hall–Kier alpha value is -4.05. The van der Waals surface area contributed by atoms with Crippen molar-refractivity contribution in [3.8, 4) is 5.75 Å². The van der Waals surface area contributed by atoms with E-state index in [0.29, 0.717) is 37.9 Å². The van der Waals surface area contributed by atoms with E-state index >= 15 is 0 Å². The fourth-order valence-electron chi connectivity index (χ4n) is 3.37. The summed E-state index contributed by atoms with van der Waals surface area (Å²) in [6.45, 7) is 3.29. The molecule has 3 heterocycles. The van der Waals surface area contributed by atoms with Crippen molar-refractivity contribution in [2.24, 2.45) is 0 Å². The standard InChI is InChI=1S/C23H21N5O4S/c1-13-7-6-10-17(25-13)27-21(30)20-14(2)19-22(33-20)24-12-28(23(19)31)11-18(29)26-15-8-4-5-9-16(15)32-3/h4-10,12H,11H2,1-3H3,(H,26,29)(H,25,27,30). The lowest BCUT2D eigenvalue weighted by atomic mass is 10.2. The molecule has 4 rings (SSSR count). The number of nitrogens with one attached hydrogen (secondary N) is 2. The summed E-state index contributed by atoms with van der Waals surface area (Å²) >= 11 is 1.12. The Morgan fingerprint density at radius 2 is 1.88 bits per heavy atom. The van der Waals surface area contributed by atoms with Gasteiger partial charge in [-0.1, -0.05) is 18.2 Å². The van der Waals surface area contributed by atoms with Crippen molar-refractivity contribution in [1.29, 1.82) is 0 Å². The summed E-state index contributed by atoms with van der Waals surface area (Å²) in [5.74, 6) is 0.169. The van der Waals surface area contributed by atoms with Gasteiger partial charge in [0, 0.05) is 5.69 Å². The van der Waals surface area contributed by atoms with Crippen molar-refractivity contribution in [2.75, 3.05) is 17.7 Å². The third kappa shape index (κ3) is 4.60. The topological polar surface area (TPSA) is 115 Å². The summed E-state index contributed by atoms with van der Waals surface area (Å²) in [5.41, 5.74) is 1.40. The maximum Gasteiger partial charge on any atom is 0.267 e. The highest BCUT2D eigenvalue weighted by Gasteiger charge is 2.20. The average Bonchev–Trinajstić information content (AvgIpc) is 3.13. The van der Waals surface area contributed by atoms with E-state index in [4.69, 9.17) is 4.74 Å². The Morgan fingerprint density at radius 3 is 2.64 bits per heavy atom. The zero-order valence-electron chi connectivity index (χ0n) is 18.2. The molecule has 33 heavy (non-hydrogen) atoms. The summed E-state index contributed by atoms with van der Waals surface area (Å²) in [6.07, 6.45) is 1.31. The molecule has 0 saturated carbocycles. The van der Waals surface area contributed by atoms with Crippen LogP contribution in [0.15, 0.2) is 53.6 Å². The van der Waals surface area contributed by atoms with Crippen LogP contribution in [0.1, 0.15) is 20.9 Å². The zero-order valence-corrected chi connectivity index (χ0v) is 19.0. The molecule has 0 saturated heterocycles. The molecule has 2 amide bonds. The molecular weight excluding hydrogens is 442 g/mol. The summed E-state index contributed by atoms with van der Waals surface area (Å²) in [4.78, 5) is 47.8. The van der Waals surface area contributed by atoms with Gasteiger partial charge in [0.1, 0.15) is 22.9 Å². The van der Waals surface area contributed by atoms with E-state index in [1.165, 1.54) is 18.0 Å². The molecule has 0 atom stereocenters. The first-order valence-electron chi connectivity index (χ1n) is 10.0. The Kier molecular flexibility index (Phi) is 6.18. The van der Waals surface area contributed by atoms with Crippen molar-refractivity contribution in [3.05, 3.63) is 75.3 Å². The molecule has 3 aromatic heterocycles. The Balaban J connectivity index is 1.58. The third-order valence-corrected chi connectivity index (χ3v) is 6.15. The first-order chi connectivity index (χ1) is 15.9. The van der Waals surface area contributed by atoms with Gasteiger partial charge < -0.3 is 15.4 Å². The van der Waals surface area contributed by atoms with E-state index in [9.17, 15) is 14.4 Å². The molecule has 0 aliphatic heterocycles. The molecule has 9 nitrogen and oxygen atoms in total. The minimum absolute atomic E-state index is 0.232. The van der Waals surface area contributed by atoms with Crippen LogP contribution in [0.3, 0.4) is 0 Å². The number of carbonyl (C=O) groups excluding carboxylic acids is 2. The predicted molar refractivity (Wildman–Crippen MR) is 127 cm³/mol. The number of fused-ring (bicyclic) bond motifs is 1. The molecule has 1 aromatic carbocycles. The van der Waals surface area contributed by atoms with Crippen molar-refractivity contribution in [2.45, 2.75) is 20.4 Å². The Bertz CT molecular complexity index is 1430. The number of para-hydroxylation sites is 2.